The SMILES string of the molecule is CN1C(=O)CCC(C(=O)N2CCn3c(n[nH]c3=O)C2)C1c1ccccc1. The van der Waals surface area contributed by atoms with Crippen LogP contribution in [-0.4, -0.2) is 50.0 Å². The Morgan fingerprint density at radius 1 is 1.19 bits per heavy atom. The zero-order valence-electron chi connectivity index (χ0n) is 14.6. The summed E-state index contributed by atoms with van der Waals surface area (Å²) in [6, 6.07) is 9.42. The second-order valence-corrected chi connectivity index (χ2v) is 6.86. The predicted octanol–water partition coefficient (Wildman–Crippen LogP) is 0.523. The van der Waals surface area contributed by atoms with E-state index < -0.39 is 0 Å². The van der Waals surface area contributed by atoms with Crippen molar-refractivity contribution in [1.29, 1.82) is 0 Å². The number of carbonyl (C=O) groups is 2. The molecule has 4 rings (SSSR count). The Morgan fingerprint density at radius 3 is 2.73 bits per heavy atom. The third-order valence-corrected chi connectivity index (χ3v) is 5.39. The van der Waals surface area contributed by atoms with E-state index in [1.165, 1.54) is 0 Å². The summed E-state index contributed by atoms with van der Waals surface area (Å²) in [4.78, 5) is 40.6. The summed E-state index contributed by atoms with van der Waals surface area (Å²) in [5, 5.41) is 6.44. The van der Waals surface area contributed by atoms with Crippen LogP contribution in [0, 0.1) is 5.92 Å². The Labute approximate surface area is 150 Å². The summed E-state index contributed by atoms with van der Waals surface area (Å²) in [5.41, 5.74) is 0.729. The molecule has 1 saturated heterocycles. The first-order chi connectivity index (χ1) is 12.6. The molecule has 2 aromatic rings. The number of rotatable bonds is 2. The highest BCUT2D eigenvalue weighted by Gasteiger charge is 2.41. The number of nitrogens with one attached hydrogen (secondary N) is 1. The smallest absolute Gasteiger partial charge is 0.338 e. The van der Waals surface area contributed by atoms with Gasteiger partial charge >= 0.3 is 5.69 Å². The van der Waals surface area contributed by atoms with E-state index in [-0.39, 0.29) is 29.5 Å². The van der Waals surface area contributed by atoms with E-state index in [2.05, 4.69) is 10.2 Å². The fraction of sp³-hybridized carbons (Fsp3) is 0.444. The maximum absolute atomic E-state index is 13.3. The fourth-order valence-corrected chi connectivity index (χ4v) is 4.00. The molecule has 8 nitrogen and oxygen atoms in total. The van der Waals surface area contributed by atoms with Gasteiger partial charge in [0, 0.05) is 26.6 Å². The minimum Gasteiger partial charge on any atom is -0.338 e. The van der Waals surface area contributed by atoms with Crippen LogP contribution in [0.1, 0.15) is 30.3 Å². The van der Waals surface area contributed by atoms with Crippen LogP contribution in [0.3, 0.4) is 0 Å². The number of aromatic amines is 1. The Bertz CT molecular complexity index is 888. The lowest BCUT2D eigenvalue weighted by molar-refractivity contribution is -0.147. The number of aromatic nitrogens is 3. The van der Waals surface area contributed by atoms with Gasteiger partial charge in [0.05, 0.1) is 18.5 Å². The molecule has 0 bridgehead atoms. The molecule has 1 aromatic carbocycles. The molecule has 0 saturated carbocycles. The maximum atomic E-state index is 13.3. The van der Waals surface area contributed by atoms with Gasteiger partial charge in [0.2, 0.25) is 11.8 Å². The monoisotopic (exact) mass is 355 g/mol. The Hall–Kier alpha value is -2.90. The summed E-state index contributed by atoms with van der Waals surface area (Å²) in [7, 11) is 1.76. The van der Waals surface area contributed by atoms with Gasteiger partial charge in [0.15, 0.2) is 5.82 Å². The van der Waals surface area contributed by atoms with Gasteiger partial charge in [-0.1, -0.05) is 30.3 Å². The molecular formula is C18H21N5O3. The summed E-state index contributed by atoms with van der Waals surface area (Å²) in [5.74, 6) is 0.353. The molecule has 1 aromatic heterocycles. The lowest BCUT2D eigenvalue weighted by Crippen LogP contribution is -2.49. The molecule has 0 spiro atoms. The molecule has 2 aliphatic rings. The van der Waals surface area contributed by atoms with Crippen LogP contribution < -0.4 is 5.69 Å². The molecule has 8 heteroatoms. The zero-order chi connectivity index (χ0) is 18.3. The molecular weight excluding hydrogens is 334 g/mol. The standard InChI is InChI=1S/C18H21N5O3/c1-21-15(24)8-7-13(16(21)12-5-3-2-4-6-12)17(25)22-9-10-23-14(11-22)19-20-18(23)26/h2-6,13,16H,7-11H2,1H3,(H,20,26). The third kappa shape index (κ3) is 2.71. The zero-order valence-corrected chi connectivity index (χ0v) is 14.6. The Balaban J connectivity index is 1.61. The second-order valence-electron chi connectivity index (χ2n) is 6.86. The first-order valence-electron chi connectivity index (χ1n) is 8.79. The quantitative estimate of drug-likeness (QED) is 0.850. The average Bonchev–Trinajstić information content (AvgIpc) is 3.04. The molecule has 1 N–H and O–H groups in total. The molecule has 2 amide bonds. The van der Waals surface area contributed by atoms with Crippen molar-refractivity contribution in [3.05, 3.63) is 52.2 Å². The number of amides is 2. The topological polar surface area (TPSA) is 91.3 Å². The highest BCUT2D eigenvalue weighted by Crippen LogP contribution is 2.37. The van der Waals surface area contributed by atoms with Crippen molar-refractivity contribution < 1.29 is 9.59 Å². The molecule has 0 aliphatic carbocycles. The molecule has 1 fully saturated rings. The first kappa shape index (κ1) is 16.6. The number of hydrogen-bond acceptors (Lipinski definition) is 4. The van der Waals surface area contributed by atoms with Crippen LogP contribution in [0.15, 0.2) is 35.1 Å². The van der Waals surface area contributed by atoms with E-state index in [4.69, 9.17) is 0 Å². The fourth-order valence-electron chi connectivity index (χ4n) is 4.00. The van der Waals surface area contributed by atoms with Crippen molar-refractivity contribution in [2.45, 2.75) is 32.0 Å². The normalized spacial score (nSPS) is 23.0. The first-order valence-corrected chi connectivity index (χ1v) is 8.79. The number of likely N-dealkylation sites (tertiary alicyclic amines) is 1. The van der Waals surface area contributed by atoms with Crippen molar-refractivity contribution in [3.8, 4) is 0 Å². The summed E-state index contributed by atoms with van der Waals surface area (Å²) < 4.78 is 1.56. The number of carbonyl (C=O) groups excluding carboxylic acids is 2. The number of piperidine rings is 1. The largest absolute Gasteiger partial charge is 0.343 e. The molecule has 0 radical (unpaired) electrons. The van der Waals surface area contributed by atoms with Gasteiger partial charge in [-0.3, -0.25) is 14.2 Å². The van der Waals surface area contributed by atoms with Gasteiger partial charge in [0.25, 0.3) is 0 Å². The van der Waals surface area contributed by atoms with Crippen molar-refractivity contribution in [2.75, 3.05) is 13.6 Å². The maximum Gasteiger partial charge on any atom is 0.343 e. The third-order valence-electron chi connectivity index (χ3n) is 5.39. The van der Waals surface area contributed by atoms with E-state index in [0.717, 1.165) is 5.56 Å². The highest BCUT2D eigenvalue weighted by molar-refractivity contribution is 5.85. The number of hydrogen-bond donors (Lipinski definition) is 1. The van der Waals surface area contributed by atoms with Gasteiger partial charge in [-0.15, -0.1) is 0 Å². The predicted molar refractivity (Wildman–Crippen MR) is 92.9 cm³/mol. The molecule has 3 heterocycles. The molecule has 26 heavy (non-hydrogen) atoms. The van der Waals surface area contributed by atoms with Crippen LogP contribution in [0.2, 0.25) is 0 Å². The number of fused-ring (bicyclic) bond motifs is 1. The van der Waals surface area contributed by atoms with Gasteiger partial charge < -0.3 is 9.80 Å². The molecule has 2 unspecified atom stereocenters. The lowest BCUT2D eigenvalue weighted by atomic mass is 9.83. The van der Waals surface area contributed by atoms with E-state index in [0.29, 0.717) is 38.3 Å². The second kappa shape index (κ2) is 6.44. The van der Waals surface area contributed by atoms with E-state index in [9.17, 15) is 14.4 Å². The van der Waals surface area contributed by atoms with Gasteiger partial charge in [-0.05, 0) is 12.0 Å². The number of nitrogens with zero attached hydrogens (tertiary/aromatic N) is 4. The Kier molecular flexibility index (Phi) is 4.10. The van der Waals surface area contributed by atoms with Gasteiger partial charge in [-0.2, -0.15) is 5.10 Å². The molecule has 2 atom stereocenters. The number of H-pyrrole nitrogens is 1. The molecule has 2 aliphatic heterocycles. The van der Waals surface area contributed by atoms with Crippen molar-refractivity contribution in [1.82, 2.24) is 24.6 Å². The lowest BCUT2D eigenvalue weighted by Gasteiger charge is -2.41. The van der Waals surface area contributed by atoms with E-state index in [1.54, 1.807) is 21.4 Å². The van der Waals surface area contributed by atoms with Crippen LogP contribution in [0.4, 0.5) is 0 Å². The summed E-state index contributed by atoms with van der Waals surface area (Å²) >= 11 is 0. The minimum absolute atomic E-state index is 0.0138. The Morgan fingerprint density at radius 2 is 1.96 bits per heavy atom. The van der Waals surface area contributed by atoms with Crippen LogP contribution >= 0.6 is 0 Å². The van der Waals surface area contributed by atoms with Crippen LogP contribution in [0.25, 0.3) is 0 Å². The van der Waals surface area contributed by atoms with E-state index in [1.807, 2.05) is 30.3 Å². The van der Waals surface area contributed by atoms with Gasteiger partial charge in [-0.25, -0.2) is 9.89 Å². The van der Waals surface area contributed by atoms with Crippen molar-refractivity contribution in [2.24, 2.45) is 5.92 Å². The van der Waals surface area contributed by atoms with Crippen LogP contribution in [0.5, 0.6) is 0 Å². The van der Waals surface area contributed by atoms with Crippen molar-refractivity contribution >= 4 is 11.8 Å². The summed E-state index contributed by atoms with van der Waals surface area (Å²) in [6.45, 7) is 1.22. The average molecular weight is 355 g/mol. The minimum atomic E-state index is -0.294. The van der Waals surface area contributed by atoms with E-state index >= 15 is 0 Å². The summed E-state index contributed by atoms with van der Waals surface area (Å²) in [6.07, 6.45) is 0.905. The highest BCUT2D eigenvalue weighted by atomic mass is 16.2. The molecule has 136 valence electrons. The number of benzene rings is 1. The van der Waals surface area contributed by atoms with Gasteiger partial charge in [0.1, 0.15) is 0 Å². The van der Waals surface area contributed by atoms with Crippen LogP contribution in [-0.2, 0) is 22.7 Å². The van der Waals surface area contributed by atoms with Crippen molar-refractivity contribution in [3.63, 3.8) is 0 Å².